The van der Waals surface area contributed by atoms with Gasteiger partial charge in [-0.25, -0.2) is 0 Å². The lowest BCUT2D eigenvalue weighted by Gasteiger charge is -2.04. The second-order valence-electron chi connectivity index (χ2n) is 4.88. The Morgan fingerprint density at radius 3 is 2.36 bits per heavy atom. The minimum atomic E-state index is -0.220. The highest BCUT2D eigenvalue weighted by Gasteiger charge is 2.07. The molecule has 0 fully saturated rings. The first-order valence-electron chi connectivity index (χ1n) is 6.87. The van der Waals surface area contributed by atoms with Crippen molar-refractivity contribution in [2.24, 2.45) is 0 Å². The minimum Gasteiger partial charge on any atom is -0.494 e. The van der Waals surface area contributed by atoms with E-state index in [0.717, 1.165) is 22.7 Å². The van der Waals surface area contributed by atoms with Gasteiger partial charge in [-0.3, -0.25) is 9.78 Å². The van der Waals surface area contributed by atoms with Crippen LogP contribution in [0.1, 0.15) is 16.0 Å². The van der Waals surface area contributed by atoms with E-state index in [1.807, 2.05) is 30.3 Å². The highest BCUT2D eigenvalue weighted by atomic mass is 32.2. The summed E-state index contributed by atoms with van der Waals surface area (Å²) < 4.78 is 0. The smallest absolute Gasteiger partial charge is 0.307 e. The number of aromatic hydroxyl groups is 1. The Kier molecular flexibility index (Phi) is 4.65. The zero-order valence-electron chi connectivity index (χ0n) is 11.8. The maximum absolute atomic E-state index is 11.2. The van der Waals surface area contributed by atoms with Gasteiger partial charge in [-0.05, 0) is 23.3 Å². The average molecular weight is 329 g/mol. The number of hydrogen-bond donors (Lipinski definition) is 2. The fraction of sp³-hybridized carbons (Fsp3) is 0.118. The third kappa shape index (κ3) is 3.81. The molecule has 3 aromatic rings. The van der Waals surface area contributed by atoms with Gasteiger partial charge in [0.2, 0.25) is 5.88 Å². The summed E-state index contributed by atoms with van der Waals surface area (Å²) in [6.45, 7) is 0. The number of H-pyrrole nitrogens is 1. The molecule has 0 aliphatic rings. The van der Waals surface area contributed by atoms with Crippen LogP contribution in [0.15, 0.2) is 64.3 Å². The number of benzene rings is 2. The summed E-state index contributed by atoms with van der Waals surface area (Å²) in [4.78, 5) is 15.2. The number of rotatable bonds is 5. The first kappa shape index (κ1) is 14.9. The molecule has 0 amide bonds. The lowest BCUT2D eigenvalue weighted by atomic mass is 10.1. The van der Waals surface area contributed by atoms with Crippen molar-refractivity contribution < 1.29 is 5.11 Å². The van der Waals surface area contributed by atoms with Gasteiger partial charge in [0.05, 0.1) is 4.88 Å². The van der Waals surface area contributed by atoms with E-state index < -0.39 is 0 Å². The second kappa shape index (κ2) is 6.85. The first-order valence-corrected chi connectivity index (χ1v) is 8.67. The summed E-state index contributed by atoms with van der Waals surface area (Å²) in [5.74, 6) is 0.929. The van der Waals surface area contributed by atoms with E-state index >= 15 is 0 Å². The van der Waals surface area contributed by atoms with E-state index in [1.54, 1.807) is 11.8 Å². The predicted octanol–water partition coefficient (Wildman–Crippen LogP) is 4.03. The fourth-order valence-corrected chi connectivity index (χ4v) is 3.71. The summed E-state index contributed by atoms with van der Waals surface area (Å²) in [5.41, 5.74) is 2.38. The predicted molar refractivity (Wildman–Crippen MR) is 91.9 cm³/mol. The highest BCUT2D eigenvalue weighted by molar-refractivity contribution is 7.98. The fourth-order valence-electron chi connectivity index (χ4n) is 2.10. The molecule has 112 valence electrons. The molecule has 0 saturated heterocycles. The lowest BCUT2D eigenvalue weighted by molar-refractivity contribution is 0.451. The van der Waals surface area contributed by atoms with Gasteiger partial charge in [0.1, 0.15) is 0 Å². The van der Waals surface area contributed by atoms with Gasteiger partial charge in [-0.1, -0.05) is 53.8 Å². The van der Waals surface area contributed by atoms with Crippen molar-refractivity contribution in [3.05, 3.63) is 80.3 Å². The van der Waals surface area contributed by atoms with Crippen molar-refractivity contribution >= 4 is 23.1 Å². The summed E-state index contributed by atoms with van der Waals surface area (Å²) in [5, 5.41) is 9.61. The van der Waals surface area contributed by atoms with Gasteiger partial charge in [-0.2, -0.15) is 0 Å². The normalized spacial score (nSPS) is 10.7. The Bertz CT molecular complexity index is 792. The van der Waals surface area contributed by atoms with E-state index in [1.165, 1.54) is 10.5 Å². The standard InChI is InChI=1S/C17H15NO2S2/c19-16-15(22-17(20)18-16)10-12-6-8-14(9-7-12)21-11-13-4-2-1-3-5-13/h1-9,19H,10-11H2,(H,18,20). The molecule has 0 unspecified atom stereocenters. The molecule has 0 radical (unpaired) electrons. The Labute approximate surface area is 136 Å². The highest BCUT2D eigenvalue weighted by Crippen LogP contribution is 2.25. The van der Waals surface area contributed by atoms with Crippen LogP contribution in [0, 0.1) is 0 Å². The molecule has 0 aliphatic heterocycles. The third-order valence-corrected chi connectivity index (χ3v) is 5.19. The van der Waals surface area contributed by atoms with Crippen molar-refractivity contribution in [3.8, 4) is 5.88 Å². The topological polar surface area (TPSA) is 53.1 Å². The monoisotopic (exact) mass is 329 g/mol. The molecule has 5 heteroatoms. The molecule has 0 atom stereocenters. The molecule has 0 saturated carbocycles. The zero-order valence-corrected chi connectivity index (χ0v) is 13.4. The van der Waals surface area contributed by atoms with Crippen LogP contribution in [-0.2, 0) is 12.2 Å². The first-order chi connectivity index (χ1) is 10.7. The number of thioether (sulfide) groups is 1. The zero-order chi connectivity index (χ0) is 15.4. The summed E-state index contributed by atoms with van der Waals surface area (Å²) in [6.07, 6.45) is 0.568. The van der Waals surface area contributed by atoms with Crippen molar-refractivity contribution in [1.29, 1.82) is 0 Å². The molecule has 22 heavy (non-hydrogen) atoms. The van der Waals surface area contributed by atoms with E-state index in [-0.39, 0.29) is 10.8 Å². The lowest BCUT2D eigenvalue weighted by Crippen LogP contribution is -1.89. The van der Waals surface area contributed by atoms with Crippen LogP contribution in [0.2, 0.25) is 0 Å². The quantitative estimate of drug-likeness (QED) is 0.695. The minimum absolute atomic E-state index is 0.0162. The molecule has 0 bridgehead atoms. The van der Waals surface area contributed by atoms with E-state index in [0.29, 0.717) is 11.3 Å². The molecule has 1 aromatic heterocycles. The maximum atomic E-state index is 11.2. The molecule has 1 heterocycles. The molecule has 2 aromatic carbocycles. The van der Waals surface area contributed by atoms with Crippen LogP contribution in [-0.4, -0.2) is 10.1 Å². The van der Waals surface area contributed by atoms with E-state index in [9.17, 15) is 9.90 Å². The summed E-state index contributed by atoms with van der Waals surface area (Å²) in [6, 6.07) is 18.6. The van der Waals surface area contributed by atoms with Gasteiger partial charge in [-0.15, -0.1) is 11.8 Å². The van der Waals surface area contributed by atoms with E-state index in [4.69, 9.17) is 0 Å². The number of thiazole rings is 1. The molecule has 3 nitrogen and oxygen atoms in total. The number of aromatic nitrogens is 1. The number of nitrogens with one attached hydrogen (secondary N) is 1. The molecular weight excluding hydrogens is 314 g/mol. The van der Waals surface area contributed by atoms with Crippen molar-refractivity contribution in [2.45, 2.75) is 17.1 Å². The van der Waals surface area contributed by atoms with Crippen LogP contribution in [0.3, 0.4) is 0 Å². The Balaban J connectivity index is 1.63. The largest absolute Gasteiger partial charge is 0.494 e. The Morgan fingerprint density at radius 2 is 1.73 bits per heavy atom. The molecule has 0 aliphatic carbocycles. The van der Waals surface area contributed by atoms with Gasteiger partial charge in [0.15, 0.2) is 0 Å². The Hall–Kier alpha value is -1.98. The number of hydrogen-bond acceptors (Lipinski definition) is 4. The maximum Gasteiger partial charge on any atom is 0.307 e. The summed E-state index contributed by atoms with van der Waals surface area (Å²) in [7, 11) is 0. The van der Waals surface area contributed by atoms with Crippen molar-refractivity contribution in [2.75, 3.05) is 0 Å². The van der Waals surface area contributed by atoms with Gasteiger partial charge in [0, 0.05) is 17.1 Å². The van der Waals surface area contributed by atoms with Crippen LogP contribution in [0.25, 0.3) is 0 Å². The molecular formula is C17H15NO2S2. The van der Waals surface area contributed by atoms with Crippen molar-refractivity contribution in [3.63, 3.8) is 0 Å². The van der Waals surface area contributed by atoms with E-state index in [2.05, 4.69) is 29.2 Å². The van der Waals surface area contributed by atoms with Crippen LogP contribution in [0.4, 0.5) is 0 Å². The van der Waals surface area contributed by atoms with Crippen molar-refractivity contribution in [1.82, 2.24) is 4.98 Å². The second-order valence-corrected chi connectivity index (χ2v) is 7.00. The summed E-state index contributed by atoms with van der Waals surface area (Å²) >= 11 is 2.85. The number of aromatic amines is 1. The SMILES string of the molecule is O=c1[nH]c(O)c(Cc2ccc(SCc3ccccc3)cc2)s1. The van der Waals surface area contributed by atoms with Gasteiger partial charge in [0.25, 0.3) is 0 Å². The van der Waals surface area contributed by atoms with Gasteiger partial charge >= 0.3 is 4.87 Å². The Morgan fingerprint density at radius 1 is 1.00 bits per heavy atom. The van der Waals surface area contributed by atoms with Gasteiger partial charge < -0.3 is 5.11 Å². The molecule has 0 spiro atoms. The average Bonchev–Trinajstić information content (AvgIpc) is 2.85. The van der Waals surface area contributed by atoms with Crippen LogP contribution < -0.4 is 4.87 Å². The molecule has 3 rings (SSSR count). The third-order valence-electron chi connectivity index (χ3n) is 3.24. The van der Waals surface area contributed by atoms with Crippen LogP contribution in [0.5, 0.6) is 5.88 Å². The molecule has 2 N–H and O–H groups in total. The van der Waals surface area contributed by atoms with Crippen LogP contribution >= 0.6 is 23.1 Å².